The van der Waals surface area contributed by atoms with Crippen LogP contribution in [0.1, 0.15) is 24.9 Å². The van der Waals surface area contributed by atoms with Crippen molar-refractivity contribution in [3.05, 3.63) is 60.1 Å². The molecule has 10 nitrogen and oxygen atoms in total. The highest BCUT2D eigenvalue weighted by molar-refractivity contribution is 7.89. The molecule has 3 unspecified atom stereocenters. The predicted molar refractivity (Wildman–Crippen MR) is 125 cm³/mol. The first-order valence-corrected chi connectivity index (χ1v) is 12.8. The molecule has 1 aliphatic heterocycles. The largest absolute Gasteiger partial charge is 0.467 e. The smallest absolute Gasteiger partial charge is 0.451 e. The van der Waals surface area contributed by atoms with Crippen LogP contribution in [0.15, 0.2) is 47.6 Å². The molecule has 4 rings (SSSR count). The van der Waals surface area contributed by atoms with Gasteiger partial charge in [-0.2, -0.15) is 27.4 Å². The van der Waals surface area contributed by atoms with Gasteiger partial charge in [-0.05, 0) is 37.3 Å². The molecule has 0 radical (unpaired) electrons. The maximum absolute atomic E-state index is 14.6. The molecule has 0 saturated carbocycles. The molecular weight excluding hydrogens is 551 g/mol. The molecule has 39 heavy (non-hydrogen) atoms. The third-order valence-electron chi connectivity index (χ3n) is 5.96. The summed E-state index contributed by atoms with van der Waals surface area (Å²) in [6.07, 6.45) is -4.94. The lowest BCUT2D eigenvalue weighted by molar-refractivity contribution is -0.145. The number of alkyl halides is 4. The molecule has 0 spiro atoms. The Hall–Kier alpha value is -3.79. The first-order chi connectivity index (χ1) is 18.3. The number of carbonyl (C=O) groups excluding carboxylic acids is 1. The quantitative estimate of drug-likeness (QED) is 0.429. The van der Waals surface area contributed by atoms with Crippen molar-refractivity contribution in [3.8, 4) is 17.3 Å². The Kier molecular flexibility index (Phi) is 7.79. The van der Waals surface area contributed by atoms with Crippen molar-refractivity contribution in [1.82, 2.24) is 29.6 Å². The molecule has 1 aliphatic rings. The van der Waals surface area contributed by atoms with E-state index >= 15 is 0 Å². The predicted octanol–water partition coefficient (Wildman–Crippen LogP) is 2.91. The van der Waals surface area contributed by atoms with Crippen molar-refractivity contribution in [2.45, 2.75) is 49.2 Å². The zero-order valence-electron chi connectivity index (χ0n) is 20.4. The average Bonchev–Trinajstić information content (AvgIpc) is 3.21. The van der Waals surface area contributed by atoms with Crippen LogP contribution in [0.3, 0.4) is 0 Å². The summed E-state index contributed by atoms with van der Waals surface area (Å²) in [4.78, 5) is 27.5. The fourth-order valence-corrected chi connectivity index (χ4v) is 5.81. The third-order valence-corrected chi connectivity index (χ3v) is 7.97. The van der Waals surface area contributed by atoms with E-state index in [0.717, 1.165) is 41.0 Å². The van der Waals surface area contributed by atoms with Crippen LogP contribution < -0.4 is 10.1 Å². The summed E-state index contributed by atoms with van der Waals surface area (Å²) in [5.41, 5.74) is 0.359. The number of rotatable bonds is 7. The number of nitrogens with zero attached hydrogens (tertiary/aromatic N) is 5. The molecular formula is C23H21F5N6O4S. The molecule has 3 atom stereocenters. The molecule has 1 aromatic carbocycles. The highest BCUT2D eigenvalue weighted by Crippen LogP contribution is 2.33. The van der Waals surface area contributed by atoms with Gasteiger partial charge >= 0.3 is 12.2 Å². The normalized spacial score (nSPS) is 20.1. The summed E-state index contributed by atoms with van der Waals surface area (Å²) >= 11 is 0. The van der Waals surface area contributed by atoms with Gasteiger partial charge in [0.2, 0.25) is 21.8 Å². The zero-order chi connectivity index (χ0) is 28.5. The van der Waals surface area contributed by atoms with Gasteiger partial charge in [0.15, 0.2) is 0 Å². The van der Waals surface area contributed by atoms with E-state index in [9.17, 15) is 35.2 Å². The third kappa shape index (κ3) is 5.95. The van der Waals surface area contributed by atoms with E-state index in [1.165, 1.54) is 20.1 Å². The number of methoxy groups -OCH3 is 1. The lowest BCUT2D eigenvalue weighted by Gasteiger charge is -2.26. The molecule has 3 heterocycles. The SMILES string of the molecule is COc1nc(CNC(=O)C2CC(F)C(C)N2S(=O)(=O)c2ccc(F)cc2)cc(-c2cnc(C(F)(F)F)nc2)n1. The van der Waals surface area contributed by atoms with Crippen molar-refractivity contribution in [2.75, 3.05) is 7.11 Å². The monoisotopic (exact) mass is 572 g/mol. The molecule has 1 N–H and O–H groups in total. The highest BCUT2D eigenvalue weighted by atomic mass is 32.2. The molecule has 0 aliphatic carbocycles. The number of carbonyl (C=O) groups is 1. The molecule has 3 aromatic rings. The van der Waals surface area contributed by atoms with Gasteiger partial charge in [-0.1, -0.05) is 0 Å². The topological polar surface area (TPSA) is 127 Å². The molecule has 1 saturated heterocycles. The maximum Gasteiger partial charge on any atom is 0.451 e. The fraction of sp³-hybridized carbons (Fsp3) is 0.348. The van der Waals surface area contributed by atoms with Crippen molar-refractivity contribution in [2.24, 2.45) is 0 Å². The van der Waals surface area contributed by atoms with Gasteiger partial charge in [0.1, 0.15) is 18.0 Å². The number of sulfonamides is 1. The Balaban J connectivity index is 1.55. The highest BCUT2D eigenvalue weighted by Gasteiger charge is 2.49. The van der Waals surface area contributed by atoms with Crippen LogP contribution >= 0.6 is 0 Å². The van der Waals surface area contributed by atoms with Gasteiger partial charge in [-0.15, -0.1) is 0 Å². The number of benzene rings is 1. The minimum absolute atomic E-state index is 0.0960. The van der Waals surface area contributed by atoms with E-state index in [4.69, 9.17) is 4.74 Å². The van der Waals surface area contributed by atoms with Gasteiger partial charge in [-0.3, -0.25) is 4.79 Å². The van der Waals surface area contributed by atoms with E-state index in [0.29, 0.717) is 0 Å². The summed E-state index contributed by atoms with van der Waals surface area (Å²) in [6, 6.07) is 2.54. The van der Waals surface area contributed by atoms with E-state index in [2.05, 4.69) is 25.3 Å². The molecule has 16 heteroatoms. The van der Waals surface area contributed by atoms with Gasteiger partial charge in [-0.25, -0.2) is 27.2 Å². The number of hydrogen-bond acceptors (Lipinski definition) is 8. The first-order valence-electron chi connectivity index (χ1n) is 11.3. The van der Waals surface area contributed by atoms with Crippen molar-refractivity contribution < 1.29 is 39.9 Å². The van der Waals surface area contributed by atoms with E-state index < -0.39 is 58.4 Å². The lowest BCUT2D eigenvalue weighted by Crippen LogP contribution is -2.48. The van der Waals surface area contributed by atoms with E-state index in [1.54, 1.807) is 0 Å². The summed E-state index contributed by atoms with van der Waals surface area (Å²) in [7, 11) is -3.10. The van der Waals surface area contributed by atoms with Crippen LogP contribution in [-0.4, -0.2) is 63.9 Å². The Morgan fingerprint density at radius 3 is 2.38 bits per heavy atom. The van der Waals surface area contributed by atoms with Crippen LogP contribution in [0, 0.1) is 5.82 Å². The van der Waals surface area contributed by atoms with Gasteiger partial charge in [0.05, 0.1) is 36.0 Å². The number of ether oxygens (including phenoxy) is 1. The molecule has 1 fully saturated rings. The average molecular weight is 573 g/mol. The Morgan fingerprint density at radius 1 is 1.15 bits per heavy atom. The van der Waals surface area contributed by atoms with Gasteiger partial charge < -0.3 is 10.1 Å². The van der Waals surface area contributed by atoms with E-state index in [-0.39, 0.29) is 34.4 Å². The van der Waals surface area contributed by atoms with Gasteiger partial charge in [0.25, 0.3) is 0 Å². The molecule has 1 amide bonds. The second-order valence-corrected chi connectivity index (χ2v) is 10.4. The standard InChI is InChI=1S/C23H21F5N6O4S/c1-12-17(25)8-19(34(12)39(36,37)16-5-3-14(24)4-6-16)20(35)29-11-15-7-18(33-22(32-15)38-2)13-9-30-21(31-10-13)23(26,27)28/h3-7,9-10,12,17,19H,8,11H2,1-2H3,(H,29,35). The van der Waals surface area contributed by atoms with Gasteiger partial charge in [0, 0.05) is 24.4 Å². The summed E-state index contributed by atoms with van der Waals surface area (Å²) in [6.45, 7) is 1.05. The molecule has 2 aromatic heterocycles. The Morgan fingerprint density at radius 2 is 1.79 bits per heavy atom. The lowest BCUT2D eigenvalue weighted by atomic mass is 10.1. The minimum atomic E-state index is -4.73. The summed E-state index contributed by atoms with van der Waals surface area (Å²) < 4.78 is 98.5. The van der Waals surface area contributed by atoms with E-state index in [1.807, 2.05) is 0 Å². The maximum atomic E-state index is 14.6. The summed E-state index contributed by atoms with van der Waals surface area (Å²) in [5.74, 6) is -2.81. The van der Waals surface area contributed by atoms with Crippen LogP contribution in [0.2, 0.25) is 0 Å². The first kappa shape index (κ1) is 28.2. The number of hydrogen-bond donors (Lipinski definition) is 1. The summed E-state index contributed by atoms with van der Waals surface area (Å²) in [5, 5.41) is 2.51. The Labute approximate surface area is 219 Å². The second-order valence-electron chi connectivity index (χ2n) is 8.54. The van der Waals surface area contributed by atoms with Crippen LogP contribution in [0.25, 0.3) is 11.3 Å². The Bertz CT molecular complexity index is 1460. The number of halogens is 5. The number of aromatic nitrogens is 4. The second kappa shape index (κ2) is 10.8. The van der Waals surface area contributed by atoms with Crippen LogP contribution in [0.4, 0.5) is 22.0 Å². The van der Waals surface area contributed by atoms with Crippen molar-refractivity contribution in [1.29, 1.82) is 0 Å². The fourth-order valence-electron chi connectivity index (χ4n) is 4.00. The van der Waals surface area contributed by atoms with Crippen molar-refractivity contribution >= 4 is 15.9 Å². The van der Waals surface area contributed by atoms with Crippen LogP contribution in [0.5, 0.6) is 6.01 Å². The molecule has 0 bridgehead atoms. The minimum Gasteiger partial charge on any atom is -0.467 e. The van der Waals surface area contributed by atoms with Crippen molar-refractivity contribution in [3.63, 3.8) is 0 Å². The number of amides is 1. The zero-order valence-corrected chi connectivity index (χ0v) is 21.2. The molecule has 208 valence electrons. The van der Waals surface area contributed by atoms with Crippen LogP contribution in [-0.2, 0) is 27.5 Å². The number of nitrogens with one attached hydrogen (secondary N) is 1.